The van der Waals surface area contributed by atoms with Crippen LogP contribution in [0.25, 0.3) is 0 Å². The van der Waals surface area contributed by atoms with Crippen molar-refractivity contribution < 1.29 is 29.2 Å². The third kappa shape index (κ3) is 6.35. The molecule has 1 heterocycles. The molecule has 0 radical (unpaired) electrons. The average Bonchev–Trinajstić information content (AvgIpc) is 2.86. The van der Waals surface area contributed by atoms with Gasteiger partial charge in [-0.25, -0.2) is 0 Å². The lowest BCUT2D eigenvalue weighted by Crippen LogP contribution is -2.49. The molecule has 3 aromatic rings. The van der Waals surface area contributed by atoms with Crippen molar-refractivity contribution in [1.29, 1.82) is 0 Å². The topological polar surface area (TPSA) is 77.4 Å². The van der Waals surface area contributed by atoms with Crippen LogP contribution in [0.1, 0.15) is 16.7 Å². The molecule has 0 spiro atoms. The van der Waals surface area contributed by atoms with Gasteiger partial charge in [0.25, 0.3) is 0 Å². The molecule has 0 aromatic heterocycles. The second kappa shape index (κ2) is 11.5. The van der Waals surface area contributed by atoms with E-state index in [0.29, 0.717) is 13.2 Å². The van der Waals surface area contributed by atoms with Crippen LogP contribution in [0, 0.1) is 0 Å². The summed E-state index contributed by atoms with van der Waals surface area (Å²) in [6.45, 7) is 1.07. The first-order valence-electron chi connectivity index (χ1n) is 10.9. The summed E-state index contributed by atoms with van der Waals surface area (Å²) < 4.78 is 23.6. The molecule has 3 atom stereocenters. The van der Waals surface area contributed by atoms with E-state index in [0.717, 1.165) is 16.7 Å². The van der Waals surface area contributed by atoms with Gasteiger partial charge in [-0.2, -0.15) is 0 Å². The summed E-state index contributed by atoms with van der Waals surface area (Å²) in [7, 11) is 0. The van der Waals surface area contributed by atoms with Crippen LogP contribution in [0.15, 0.2) is 103 Å². The molecule has 3 aromatic carbocycles. The Labute approximate surface area is 193 Å². The molecular formula is C27H28O6. The smallest absolute Gasteiger partial charge is 0.319 e. The predicted molar refractivity (Wildman–Crippen MR) is 123 cm³/mol. The molecule has 0 bridgehead atoms. The summed E-state index contributed by atoms with van der Waals surface area (Å²) >= 11 is 0. The highest BCUT2D eigenvalue weighted by Gasteiger charge is 2.42. The minimum absolute atomic E-state index is 0.150. The summed E-state index contributed by atoms with van der Waals surface area (Å²) in [4.78, 5) is 0. The van der Waals surface area contributed by atoms with Crippen LogP contribution < -0.4 is 0 Å². The quantitative estimate of drug-likeness (QED) is 0.452. The van der Waals surface area contributed by atoms with E-state index in [1.165, 1.54) is 0 Å². The minimum atomic E-state index is -0.909. The molecule has 6 heteroatoms. The third-order valence-electron chi connectivity index (χ3n) is 5.37. The van der Waals surface area contributed by atoms with Gasteiger partial charge in [-0.3, -0.25) is 0 Å². The third-order valence-corrected chi connectivity index (χ3v) is 5.37. The number of aliphatic hydroxyl groups excluding tert-OH is 2. The van der Waals surface area contributed by atoms with E-state index >= 15 is 0 Å². The second-order valence-corrected chi connectivity index (χ2v) is 7.83. The van der Waals surface area contributed by atoms with E-state index in [4.69, 9.17) is 18.9 Å². The van der Waals surface area contributed by atoms with Crippen LogP contribution in [-0.4, -0.2) is 35.1 Å². The van der Waals surface area contributed by atoms with E-state index in [1.54, 1.807) is 0 Å². The highest BCUT2D eigenvalue weighted by atomic mass is 16.6. The highest BCUT2D eigenvalue weighted by molar-refractivity contribution is 5.17. The summed E-state index contributed by atoms with van der Waals surface area (Å²) in [6.07, 6.45) is -2.28. The Bertz CT molecular complexity index is 1010. The van der Waals surface area contributed by atoms with Gasteiger partial charge in [0, 0.05) is 0 Å². The van der Waals surface area contributed by atoms with Crippen molar-refractivity contribution in [3.8, 4) is 0 Å². The standard InChI is InChI=1S/C27H28O6/c28-24-26(32-18-22-14-8-3-9-15-22)25(31-17-21-12-6-2-7-13-21)23(33-27(24)29)19-30-16-20-10-4-1-5-11-20/h1-15,23,25-26,28-29H,16-19H2/t23-,25-,26+/m1/s1. The molecule has 4 rings (SSSR count). The van der Waals surface area contributed by atoms with Crippen molar-refractivity contribution in [2.24, 2.45) is 0 Å². The fraction of sp³-hybridized carbons (Fsp3) is 0.259. The molecule has 6 nitrogen and oxygen atoms in total. The van der Waals surface area contributed by atoms with Gasteiger partial charge in [0.1, 0.15) is 6.10 Å². The SMILES string of the molecule is OC1=C(O)[C@H](OCc2ccccc2)[C@H](OCc2ccccc2)[C@@H](COCc2ccccc2)O1. The van der Waals surface area contributed by atoms with Crippen molar-refractivity contribution in [3.05, 3.63) is 119 Å². The maximum atomic E-state index is 10.6. The fourth-order valence-corrected chi connectivity index (χ4v) is 3.63. The van der Waals surface area contributed by atoms with Crippen molar-refractivity contribution in [2.45, 2.75) is 38.1 Å². The maximum Gasteiger partial charge on any atom is 0.319 e. The summed E-state index contributed by atoms with van der Waals surface area (Å²) in [5, 5.41) is 20.8. The van der Waals surface area contributed by atoms with E-state index in [2.05, 4.69) is 0 Å². The molecule has 0 fully saturated rings. The van der Waals surface area contributed by atoms with E-state index in [-0.39, 0.29) is 19.0 Å². The Hall–Kier alpha value is -3.32. The molecule has 33 heavy (non-hydrogen) atoms. The zero-order valence-corrected chi connectivity index (χ0v) is 18.2. The largest absolute Gasteiger partial charge is 0.504 e. The molecular weight excluding hydrogens is 420 g/mol. The van der Waals surface area contributed by atoms with E-state index < -0.39 is 24.3 Å². The first-order valence-corrected chi connectivity index (χ1v) is 10.9. The molecule has 2 N–H and O–H groups in total. The van der Waals surface area contributed by atoms with Crippen molar-refractivity contribution >= 4 is 0 Å². The first kappa shape index (κ1) is 22.9. The van der Waals surface area contributed by atoms with Gasteiger partial charge in [0.15, 0.2) is 12.2 Å². The number of ether oxygens (including phenoxy) is 4. The fourth-order valence-electron chi connectivity index (χ4n) is 3.63. The Balaban J connectivity index is 1.48. The first-order chi connectivity index (χ1) is 16.2. The number of hydrogen-bond acceptors (Lipinski definition) is 6. The molecule has 0 unspecified atom stereocenters. The number of benzene rings is 3. The Morgan fingerprint density at radius 1 is 0.636 bits per heavy atom. The normalized spacial score (nSPS) is 20.4. The number of rotatable bonds is 10. The van der Waals surface area contributed by atoms with Gasteiger partial charge in [-0.1, -0.05) is 91.0 Å². The maximum absolute atomic E-state index is 10.6. The van der Waals surface area contributed by atoms with Crippen LogP contribution >= 0.6 is 0 Å². The molecule has 172 valence electrons. The number of hydrogen-bond donors (Lipinski definition) is 2. The van der Waals surface area contributed by atoms with E-state index in [1.807, 2.05) is 91.0 Å². The average molecular weight is 449 g/mol. The zero-order chi connectivity index (χ0) is 22.9. The number of aliphatic hydroxyl groups is 2. The molecule has 1 aliphatic rings. The molecule has 0 saturated carbocycles. The van der Waals surface area contributed by atoms with E-state index in [9.17, 15) is 10.2 Å². The predicted octanol–water partition coefficient (Wildman–Crippen LogP) is 5.06. The van der Waals surface area contributed by atoms with Gasteiger partial charge >= 0.3 is 5.95 Å². The van der Waals surface area contributed by atoms with Crippen LogP contribution in [0.3, 0.4) is 0 Å². The van der Waals surface area contributed by atoms with Gasteiger partial charge < -0.3 is 29.2 Å². The lowest BCUT2D eigenvalue weighted by Gasteiger charge is -2.36. The van der Waals surface area contributed by atoms with Crippen molar-refractivity contribution in [3.63, 3.8) is 0 Å². The lowest BCUT2D eigenvalue weighted by atomic mass is 10.0. The summed E-state index contributed by atoms with van der Waals surface area (Å²) in [5.74, 6) is -0.954. The summed E-state index contributed by atoms with van der Waals surface area (Å²) in [5.41, 5.74) is 2.94. The zero-order valence-electron chi connectivity index (χ0n) is 18.2. The summed E-state index contributed by atoms with van der Waals surface area (Å²) in [6, 6.07) is 29.1. The highest BCUT2D eigenvalue weighted by Crippen LogP contribution is 2.29. The van der Waals surface area contributed by atoms with Crippen molar-refractivity contribution in [1.82, 2.24) is 0 Å². The molecule has 1 aliphatic heterocycles. The molecule has 0 aliphatic carbocycles. The monoisotopic (exact) mass is 448 g/mol. The second-order valence-electron chi connectivity index (χ2n) is 7.83. The van der Waals surface area contributed by atoms with Crippen LogP contribution in [0.4, 0.5) is 0 Å². The van der Waals surface area contributed by atoms with Gasteiger partial charge in [0.2, 0.25) is 5.76 Å². The molecule has 0 amide bonds. The van der Waals surface area contributed by atoms with Crippen LogP contribution in [0.2, 0.25) is 0 Å². The molecule has 0 saturated heterocycles. The van der Waals surface area contributed by atoms with Crippen LogP contribution in [0.5, 0.6) is 0 Å². The van der Waals surface area contributed by atoms with Crippen molar-refractivity contribution in [2.75, 3.05) is 6.61 Å². The van der Waals surface area contributed by atoms with Gasteiger partial charge in [0.05, 0.1) is 26.4 Å². The van der Waals surface area contributed by atoms with Crippen LogP contribution in [-0.2, 0) is 38.8 Å². The Morgan fingerprint density at radius 3 is 1.67 bits per heavy atom. The van der Waals surface area contributed by atoms with Gasteiger partial charge in [-0.05, 0) is 16.7 Å². The Kier molecular flexibility index (Phi) is 7.98. The van der Waals surface area contributed by atoms with Gasteiger partial charge in [-0.15, -0.1) is 0 Å². The minimum Gasteiger partial charge on any atom is -0.504 e. The lowest BCUT2D eigenvalue weighted by molar-refractivity contribution is -0.185. The Morgan fingerprint density at radius 2 is 1.12 bits per heavy atom.